The van der Waals surface area contributed by atoms with Crippen LogP contribution in [0.5, 0.6) is 0 Å². The second-order valence-corrected chi connectivity index (χ2v) is 7.28. The quantitative estimate of drug-likeness (QED) is 0.735. The summed E-state index contributed by atoms with van der Waals surface area (Å²) < 4.78 is 61.1. The van der Waals surface area contributed by atoms with Crippen molar-refractivity contribution in [3.8, 4) is 0 Å². The van der Waals surface area contributed by atoms with Crippen molar-refractivity contribution in [3.63, 3.8) is 0 Å². The van der Waals surface area contributed by atoms with Crippen molar-refractivity contribution < 1.29 is 26.4 Å². The first-order valence-electron chi connectivity index (χ1n) is 6.50. The summed E-state index contributed by atoms with van der Waals surface area (Å²) in [6.07, 6.45) is -4.64. The third-order valence-corrected chi connectivity index (χ3v) is 4.80. The summed E-state index contributed by atoms with van der Waals surface area (Å²) in [4.78, 5) is 11.7. The second kappa shape index (κ2) is 7.01. The average molecular weight is 395 g/mol. The summed E-state index contributed by atoms with van der Waals surface area (Å²) in [6, 6.07) is 5.27. The molecule has 0 unspecified atom stereocenters. The number of amides is 1. The van der Waals surface area contributed by atoms with Gasteiger partial charge in [-0.1, -0.05) is 17.8 Å². The average Bonchev–Trinajstić information content (AvgIpc) is 2.85. The van der Waals surface area contributed by atoms with E-state index in [4.69, 9.17) is 5.14 Å². The Balaban J connectivity index is 2.02. The molecule has 0 radical (unpaired) electrons. The number of carbonyl (C=O) groups excluding carboxylic acids is 1. The topological polar surface area (TPSA) is 120 Å². The summed E-state index contributed by atoms with van der Waals surface area (Å²) >= 11 is 0.755. The molecule has 25 heavy (non-hydrogen) atoms. The summed E-state index contributed by atoms with van der Waals surface area (Å²) in [6.45, 7) is 0. The number of primary sulfonamides is 1. The van der Waals surface area contributed by atoms with Gasteiger partial charge in [-0.2, -0.15) is 13.2 Å². The lowest BCUT2D eigenvalue weighted by atomic mass is 10.3. The molecule has 0 fully saturated rings. The fourth-order valence-electron chi connectivity index (χ4n) is 1.77. The summed E-state index contributed by atoms with van der Waals surface area (Å²) in [7, 11) is -2.78. The molecular formula is C12H12F3N5O3S2. The lowest BCUT2D eigenvalue weighted by molar-refractivity contribution is -0.147. The molecule has 8 nitrogen and oxygen atoms in total. The van der Waals surface area contributed by atoms with Crippen molar-refractivity contribution in [2.75, 3.05) is 11.1 Å². The number of halogens is 3. The molecule has 1 aromatic heterocycles. The Hall–Kier alpha value is -2.12. The number of nitrogens with two attached hydrogens (primary N) is 1. The van der Waals surface area contributed by atoms with Gasteiger partial charge in [-0.05, 0) is 18.2 Å². The second-order valence-electron chi connectivity index (χ2n) is 4.77. The van der Waals surface area contributed by atoms with E-state index in [1.807, 2.05) is 0 Å². The molecule has 1 heterocycles. The van der Waals surface area contributed by atoms with Crippen molar-refractivity contribution in [2.45, 2.75) is 16.2 Å². The van der Waals surface area contributed by atoms with E-state index in [-0.39, 0.29) is 21.5 Å². The van der Waals surface area contributed by atoms with E-state index in [9.17, 15) is 26.4 Å². The number of anilines is 1. The number of nitrogens with zero attached hydrogens (tertiary/aromatic N) is 3. The Morgan fingerprint density at radius 1 is 1.36 bits per heavy atom. The number of carbonyl (C=O) groups is 1. The zero-order valence-electron chi connectivity index (χ0n) is 12.6. The number of aromatic nitrogens is 3. The van der Waals surface area contributed by atoms with Crippen LogP contribution in [0.3, 0.4) is 0 Å². The minimum Gasteiger partial charge on any atom is -0.325 e. The number of benzene rings is 1. The van der Waals surface area contributed by atoms with Crippen molar-refractivity contribution in [1.29, 1.82) is 0 Å². The molecule has 0 atom stereocenters. The monoisotopic (exact) mass is 395 g/mol. The third kappa shape index (κ3) is 4.93. The van der Waals surface area contributed by atoms with Crippen LogP contribution in [0, 0.1) is 0 Å². The molecule has 136 valence electrons. The highest BCUT2D eigenvalue weighted by atomic mass is 32.2. The molecule has 2 aromatic rings. The number of hydrogen-bond acceptors (Lipinski definition) is 6. The van der Waals surface area contributed by atoms with Crippen LogP contribution in [-0.4, -0.2) is 34.8 Å². The Labute approximate surface area is 144 Å². The van der Waals surface area contributed by atoms with Crippen molar-refractivity contribution in [3.05, 3.63) is 30.1 Å². The SMILES string of the molecule is Cn1c(SCC(=O)Nc2cccc(S(N)(=O)=O)c2)nnc1C(F)(F)F. The van der Waals surface area contributed by atoms with E-state index < -0.39 is 27.9 Å². The normalized spacial score (nSPS) is 12.2. The minimum atomic E-state index is -4.64. The van der Waals surface area contributed by atoms with E-state index in [2.05, 4.69) is 15.5 Å². The fourth-order valence-corrected chi connectivity index (χ4v) is 3.04. The van der Waals surface area contributed by atoms with E-state index >= 15 is 0 Å². The number of sulfonamides is 1. The fraction of sp³-hybridized carbons (Fsp3) is 0.250. The van der Waals surface area contributed by atoms with Gasteiger partial charge in [0.05, 0.1) is 10.6 Å². The molecule has 2 rings (SSSR count). The zero-order valence-corrected chi connectivity index (χ0v) is 14.2. The summed E-state index contributed by atoms with van der Waals surface area (Å²) in [5.41, 5.74) is 0.186. The standard InChI is InChI=1S/C12H12F3N5O3S2/c1-20-10(12(13,14)15)18-19-11(20)24-6-9(21)17-7-3-2-4-8(5-7)25(16,22)23/h2-5H,6H2,1H3,(H,17,21)(H2,16,22,23). The van der Waals surface area contributed by atoms with Gasteiger partial charge in [0.15, 0.2) is 5.16 Å². The van der Waals surface area contributed by atoms with Crippen LogP contribution in [0.4, 0.5) is 18.9 Å². The Bertz CT molecular complexity index is 896. The summed E-state index contributed by atoms with van der Waals surface area (Å²) in [5.74, 6) is -1.98. The predicted octanol–water partition coefficient (Wildman–Crippen LogP) is 1.21. The largest absolute Gasteiger partial charge is 0.451 e. The van der Waals surface area contributed by atoms with Crippen LogP contribution in [0.15, 0.2) is 34.3 Å². The number of alkyl halides is 3. The highest BCUT2D eigenvalue weighted by molar-refractivity contribution is 7.99. The van der Waals surface area contributed by atoms with Gasteiger partial charge in [0, 0.05) is 12.7 Å². The van der Waals surface area contributed by atoms with Crippen LogP contribution >= 0.6 is 11.8 Å². The van der Waals surface area contributed by atoms with Crippen LogP contribution in [0.2, 0.25) is 0 Å². The molecule has 0 aliphatic heterocycles. The molecule has 13 heteroatoms. The van der Waals surface area contributed by atoms with Gasteiger partial charge in [-0.15, -0.1) is 10.2 Å². The van der Waals surface area contributed by atoms with Crippen LogP contribution in [-0.2, 0) is 28.0 Å². The van der Waals surface area contributed by atoms with E-state index in [1.54, 1.807) is 0 Å². The lowest BCUT2D eigenvalue weighted by Gasteiger charge is -2.07. The molecule has 0 spiro atoms. The minimum absolute atomic E-state index is 0.0826. The van der Waals surface area contributed by atoms with Gasteiger partial charge in [-0.25, -0.2) is 13.6 Å². The van der Waals surface area contributed by atoms with Crippen LogP contribution < -0.4 is 10.5 Å². The first-order valence-corrected chi connectivity index (χ1v) is 9.04. The smallest absolute Gasteiger partial charge is 0.325 e. The van der Waals surface area contributed by atoms with Crippen LogP contribution in [0.25, 0.3) is 0 Å². The van der Waals surface area contributed by atoms with Gasteiger partial charge >= 0.3 is 6.18 Å². The first kappa shape index (κ1) is 19.2. The molecule has 0 aliphatic rings. The number of hydrogen-bond donors (Lipinski definition) is 2. The first-order chi connectivity index (χ1) is 11.5. The highest BCUT2D eigenvalue weighted by Crippen LogP contribution is 2.29. The number of nitrogens with one attached hydrogen (secondary N) is 1. The molecule has 1 amide bonds. The molecular weight excluding hydrogens is 383 g/mol. The van der Waals surface area contributed by atoms with Gasteiger partial charge in [-0.3, -0.25) is 4.79 Å². The van der Waals surface area contributed by atoms with Gasteiger partial charge < -0.3 is 9.88 Å². The molecule has 0 saturated carbocycles. The van der Waals surface area contributed by atoms with E-state index in [1.165, 1.54) is 24.3 Å². The maximum absolute atomic E-state index is 12.6. The molecule has 0 bridgehead atoms. The van der Waals surface area contributed by atoms with Crippen LogP contribution in [0.1, 0.15) is 5.82 Å². The summed E-state index contributed by atoms with van der Waals surface area (Å²) in [5, 5.41) is 13.8. The third-order valence-electron chi connectivity index (χ3n) is 2.87. The van der Waals surface area contributed by atoms with E-state index in [0.29, 0.717) is 0 Å². The van der Waals surface area contributed by atoms with Gasteiger partial charge in [0.25, 0.3) is 0 Å². The Morgan fingerprint density at radius 2 is 2.04 bits per heavy atom. The van der Waals surface area contributed by atoms with Crippen molar-refractivity contribution in [1.82, 2.24) is 14.8 Å². The molecule has 3 N–H and O–H groups in total. The maximum Gasteiger partial charge on any atom is 0.451 e. The Kier molecular flexibility index (Phi) is 5.39. The van der Waals surface area contributed by atoms with Gasteiger partial charge in [0.2, 0.25) is 21.8 Å². The van der Waals surface area contributed by atoms with Crippen molar-refractivity contribution >= 4 is 33.4 Å². The van der Waals surface area contributed by atoms with Gasteiger partial charge in [0.1, 0.15) is 0 Å². The molecule has 0 saturated heterocycles. The predicted molar refractivity (Wildman–Crippen MR) is 83.2 cm³/mol. The number of rotatable bonds is 5. The lowest BCUT2D eigenvalue weighted by Crippen LogP contribution is -2.16. The number of thioether (sulfide) groups is 1. The maximum atomic E-state index is 12.6. The zero-order chi connectivity index (χ0) is 18.8. The van der Waals surface area contributed by atoms with E-state index in [0.717, 1.165) is 23.4 Å². The molecule has 0 aliphatic carbocycles. The molecule has 1 aromatic carbocycles. The Morgan fingerprint density at radius 3 is 2.60 bits per heavy atom. The van der Waals surface area contributed by atoms with Crippen molar-refractivity contribution in [2.24, 2.45) is 12.2 Å². The highest BCUT2D eigenvalue weighted by Gasteiger charge is 2.37.